The highest BCUT2D eigenvalue weighted by Gasteiger charge is 2.38. The molecule has 3 rings (SSSR count). The van der Waals surface area contributed by atoms with Crippen molar-refractivity contribution in [3.63, 3.8) is 0 Å². The van der Waals surface area contributed by atoms with Gasteiger partial charge in [0.05, 0.1) is 5.56 Å². The van der Waals surface area contributed by atoms with Crippen LogP contribution in [0.25, 0.3) is 0 Å². The molecule has 0 bridgehead atoms. The van der Waals surface area contributed by atoms with Crippen molar-refractivity contribution >= 4 is 11.6 Å². The van der Waals surface area contributed by atoms with Crippen molar-refractivity contribution in [1.82, 2.24) is 0 Å². The van der Waals surface area contributed by atoms with Gasteiger partial charge in [0.1, 0.15) is 5.75 Å². The van der Waals surface area contributed by atoms with Gasteiger partial charge in [-0.2, -0.15) is 0 Å². The quantitative estimate of drug-likeness (QED) is 0.544. The zero-order valence-corrected chi connectivity index (χ0v) is 10.6. The monoisotopic (exact) mass is 286 g/mol. The number of para-hydroxylation sites is 1. The highest BCUT2D eigenvalue weighted by Crippen LogP contribution is 2.43. The molecule has 0 aliphatic carbocycles. The molecule has 0 saturated heterocycles. The van der Waals surface area contributed by atoms with E-state index in [1.807, 2.05) is 0 Å². The normalized spacial score (nSPS) is 17.2. The number of ether oxygens (including phenoxy) is 1. The summed E-state index contributed by atoms with van der Waals surface area (Å²) in [5, 5.41) is 28.6. The lowest BCUT2D eigenvalue weighted by Gasteiger charge is -2.24. The first-order valence-electron chi connectivity index (χ1n) is 6.08. The van der Waals surface area contributed by atoms with Crippen LogP contribution in [0, 0.1) is 0 Å². The Morgan fingerprint density at radius 2 is 1.62 bits per heavy atom. The second kappa shape index (κ2) is 4.52. The van der Waals surface area contributed by atoms with Gasteiger partial charge in [-0.25, -0.2) is 0 Å². The van der Waals surface area contributed by atoms with Crippen LogP contribution >= 0.6 is 0 Å². The van der Waals surface area contributed by atoms with Crippen LogP contribution in [0.1, 0.15) is 22.0 Å². The maximum Gasteiger partial charge on any atom is 0.248 e. The number of rotatable bonds is 1. The maximum atomic E-state index is 12.1. The van der Waals surface area contributed by atoms with Gasteiger partial charge >= 0.3 is 0 Å². The van der Waals surface area contributed by atoms with Gasteiger partial charge in [0.2, 0.25) is 17.3 Å². The van der Waals surface area contributed by atoms with Crippen molar-refractivity contribution in [2.75, 3.05) is 0 Å². The van der Waals surface area contributed by atoms with Crippen molar-refractivity contribution in [3.05, 3.63) is 47.5 Å². The van der Waals surface area contributed by atoms with Crippen molar-refractivity contribution in [3.8, 4) is 23.0 Å². The average Bonchev–Trinajstić information content (AvgIpc) is 2.49. The van der Waals surface area contributed by atoms with Gasteiger partial charge in [-0.15, -0.1) is 0 Å². The van der Waals surface area contributed by atoms with Gasteiger partial charge in [0.25, 0.3) is 0 Å². The first kappa shape index (κ1) is 13.0. The molecule has 0 amide bonds. The van der Waals surface area contributed by atoms with Crippen LogP contribution in [0.3, 0.4) is 0 Å². The fourth-order valence-corrected chi connectivity index (χ4v) is 2.19. The molecule has 2 aromatic carbocycles. The molecule has 0 radical (unpaired) electrons. The molecule has 1 aliphatic rings. The van der Waals surface area contributed by atoms with E-state index >= 15 is 0 Å². The van der Waals surface area contributed by atoms with Gasteiger partial charge in [-0.1, -0.05) is 12.1 Å². The van der Waals surface area contributed by atoms with Crippen LogP contribution in [-0.2, 0) is 4.79 Å². The first-order chi connectivity index (χ1) is 10.0. The van der Waals surface area contributed by atoms with Gasteiger partial charge in [-0.3, -0.25) is 9.59 Å². The number of Topliss-reactive ketones (excluding diaryl/α,β-unsaturated/α-hetero) is 2. The third-order valence-corrected chi connectivity index (χ3v) is 3.28. The fourth-order valence-electron chi connectivity index (χ4n) is 2.19. The number of hydrogen-bond acceptors (Lipinski definition) is 6. The Labute approximate surface area is 118 Å². The molecule has 0 aromatic heterocycles. The molecule has 3 N–H and O–H groups in total. The van der Waals surface area contributed by atoms with Crippen LogP contribution in [0.4, 0.5) is 0 Å². The second-order valence-electron chi connectivity index (χ2n) is 4.56. The van der Waals surface area contributed by atoms with Crippen molar-refractivity contribution < 1.29 is 29.6 Å². The zero-order valence-electron chi connectivity index (χ0n) is 10.6. The molecule has 6 heteroatoms. The Morgan fingerprint density at radius 3 is 2.38 bits per heavy atom. The van der Waals surface area contributed by atoms with Crippen LogP contribution in [0.2, 0.25) is 0 Å². The highest BCUT2D eigenvalue weighted by atomic mass is 16.5. The summed E-state index contributed by atoms with van der Waals surface area (Å²) in [5.41, 5.74) is 0.0689. The van der Waals surface area contributed by atoms with E-state index in [1.165, 1.54) is 18.2 Å². The van der Waals surface area contributed by atoms with Gasteiger partial charge in [-0.05, 0) is 24.3 Å². The molecule has 2 aromatic rings. The van der Waals surface area contributed by atoms with E-state index in [2.05, 4.69) is 0 Å². The second-order valence-corrected chi connectivity index (χ2v) is 4.56. The predicted molar refractivity (Wildman–Crippen MR) is 70.6 cm³/mol. The SMILES string of the molecule is O=C1C(=O)C(c2ccc(O)c(O)c2O)Oc2ccccc21. The number of phenols is 3. The molecule has 1 heterocycles. The zero-order chi connectivity index (χ0) is 15.1. The molecule has 0 spiro atoms. The summed E-state index contributed by atoms with van der Waals surface area (Å²) in [7, 11) is 0. The largest absolute Gasteiger partial charge is 0.504 e. The highest BCUT2D eigenvalue weighted by molar-refractivity contribution is 6.46. The Hall–Kier alpha value is -3.02. The number of hydrogen-bond donors (Lipinski definition) is 3. The predicted octanol–water partition coefficient (Wildman–Crippen LogP) is 1.69. The summed E-state index contributed by atoms with van der Waals surface area (Å²) in [6.07, 6.45) is -1.36. The summed E-state index contributed by atoms with van der Waals surface area (Å²) in [4.78, 5) is 24.1. The van der Waals surface area contributed by atoms with Crippen molar-refractivity contribution in [2.45, 2.75) is 6.10 Å². The lowest BCUT2D eigenvalue weighted by Crippen LogP contribution is -2.31. The van der Waals surface area contributed by atoms with E-state index < -0.39 is 34.9 Å². The summed E-state index contributed by atoms with van der Waals surface area (Å²) < 4.78 is 5.45. The van der Waals surface area contributed by atoms with Gasteiger partial charge in [0, 0.05) is 5.56 Å². The van der Waals surface area contributed by atoms with E-state index in [9.17, 15) is 24.9 Å². The smallest absolute Gasteiger partial charge is 0.248 e. The number of fused-ring (bicyclic) bond motifs is 1. The molecule has 1 atom stereocenters. The van der Waals surface area contributed by atoms with E-state index in [0.29, 0.717) is 0 Å². The standard InChI is InChI=1S/C15H10O6/c16-9-6-5-8(12(18)13(9)19)15-14(20)11(17)7-3-1-2-4-10(7)21-15/h1-6,15-16,18-19H. The molecule has 0 fully saturated rings. The molecular weight excluding hydrogens is 276 g/mol. The van der Waals surface area contributed by atoms with E-state index in [0.717, 1.165) is 6.07 Å². The Bertz CT molecular complexity index is 765. The molecule has 1 unspecified atom stereocenters. The first-order valence-corrected chi connectivity index (χ1v) is 6.08. The topological polar surface area (TPSA) is 104 Å². The van der Waals surface area contributed by atoms with E-state index in [4.69, 9.17) is 4.74 Å². The Balaban J connectivity index is 2.11. The third kappa shape index (κ3) is 1.88. The fraction of sp³-hybridized carbons (Fsp3) is 0.0667. The molecule has 6 nitrogen and oxygen atoms in total. The van der Waals surface area contributed by atoms with Crippen LogP contribution < -0.4 is 4.74 Å². The number of phenolic OH excluding ortho intramolecular Hbond substituents is 3. The summed E-state index contributed by atoms with van der Waals surface area (Å²) in [5.74, 6) is -3.36. The maximum absolute atomic E-state index is 12.1. The van der Waals surface area contributed by atoms with Gasteiger partial charge in [0.15, 0.2) is 17.6 Å². The Morgan fingerprint density at radius 1 is 0.905 bits per heavy atom. The minimum absolute atomic E-state index is 0.0850. The Kier molecular flexibility index (Phi) is 2.79. The van der Waals surface area contributed by atoms with Crippen molar-refractivity contribution in [1.29, 1.82) is 0 Å². The van der Waals surface area contributed by atoms with Crippen LogP contribution in [0.5, 0.6) is 23.0 Å². The van der Waals surface area contributed by atoms with Crippen LogP contribution in [0.15, 0.2) is 36.4 Å². The van der Waals surface area contributed by atoms with Gasteiger partial charge < -0.3 is 20.1 Å². The number of carbonyl (C=O) groups excluding carboxylic acids is 2. The number of benzene rings is 2. The number of ketones is 2. The molecule has 1 aliphatic heterocycles. The number of aromatic hydroxyl groups is 3. The summed E-state index contributed by atoms with van der Waals surface area (Å²) in [6.45, 7) is 0. The lowest BCUT2D eigenvalue weighted by atomic mass is 9.94. The number of carbonyl (C=O) groups is 2. The summed E-state index contributed by atoms with van der Waals surface area (Å²) in [6, 6.07) is 8.58. The lowest BCUT2D eigenvalue weighted by molar-refractivity contribution is -0.122. The van der Waals surface area contributed by atoms with Crippen molar-refractivity contribution in [2.24, 2.45) is 0 Å². The minimum Gasteiger partial charge on any atom is -0.504 e. The molecule has 21 heavy (non-hydrogen) atoms. The molecule has 0 saturated carbocycles. The molecular formula is C15H10O6. The minimum atomic E-state index is -1.36. The van der Waals surface area contributed by atoms with E-state index in [-0.39, 0.29) is 16.9 Å². The molecule has 106 valence electrons. The average molecular weight is 286 g/mol. The van der Waals surface area contributed by atoms with E-state index in [1.54, 1.807) is 12.1 Å². The third-order valence-electron chi connectivity index (χ3n) is 3.28. The van der Waals surface area contributed by atoms with Crippen LogP contribution in [-0.4, -0.2) is 26.9 Å². The summed E-state index contributed by atoms with van der Waals surface area (Å²) >= 11 is 0.